The summed E-state index contributed by atoms with van der Waals surface area (Å²) >= 11 is 3.48. The first kappa shape index (κ1) is 15.1. The van der Waals surface area contributed by atoms with E-state index < -0.39 is 11.8 Å². The number of benzene rings is 1. The average molecular weight is 388 g/mol. The first-order valence-corrected chi connectivity index (χ1v) is 8.50. The molecule has 0 aliphatic carbocycles. The van der Waals surface area contributed by atoms with E-state index in [1.807, 2.05) is 0 Å². The molecule has 0 N–H and O–H groups in total. The molecule has 122 valence electrons. The predicted molar refractivity (Wildman–Crippen MR) is 92.4 cm³/mol. The Morgan fingerprint density at radius 3 is 2.33 bits per heavy atom. The van der Waals surface area contributed by atoms with Gasteiger partial charge in [0.2, 0.25) is 5.88 Å². The van der Waals surface area contributed by atoms with Crippen LogP contribution in [-0.2, 0) is 0 Å². The minimum Gasteiger partial charge on any atom is -0.438 e. The van der Waals surface area contributed by atoms with Crippen LogP contribution in [0.2, 0.25) is 0 Å². The summed E-state index contributed by atoms with van der Waals surface area (Å²) in [7, 11) is 0. The van der Waals surface area contributed by atoms with Gasteiger partial charge in [-0.05, 0) is 40.9 Å². The van der Waals surface area contributed by atoms with Crippen molar-refractivity contribution in [2.24, 2.45) is 5.10 Å². The fourth-order valence-corrected chi connectivity index (χ4v) is 3.53. The van der Waals surface area contributed by atoms with E-state index in [2.05, 4.69) is 25.9 Å². The molecule has 0 spiro atoms. The second-order valence-corrected chi connectivity index (χ2v) is 6.56. The number of hydrazone groups is 1. The van der Waals surface area contributed by atoms with Gasteiger partial charge >= 0.3 is 0 Å². The fraction of sp³-hybridized carbons (Fsp3) is 0.235. The number of carbonyl (C=O) groups excluding carboxylic acids is 2. The third-order valence-corrected chi connectivity index (χ3v) is 4.72. The van der Waals surface area contributed by atoms with E-state index in [9.17, 15) is 9.59 Å². The van der Waals surface area contributed by atoms with Crippen LogP contribution in [0.15, 0.2) is 44.3 Å². The van der Waals surface area contributed by atoms with Crippen molar-refractivity contribution in [2.75, 3.05) is 18.0 Å². The highest BCUT2D eigenvalue weighted by atomic mass is 79.9. The number of carbonyl (C=O) groups is 2. The van der Waals surface area contributed by atoms with Crippen molar-refractivity contribution in [1.29, 1.82) is 0 Å². The van der Waals surface area contributed by atoms with Gasteiger partial charge in [-0.25, -0.2) is 0 Å². The van der Waals surface area contributed by atoms with Crippen LogP contribution in [0.4, 0.5) is 5.88 Å². The minimum atomic E-state index is -0.419. The van der Waals surface area contributed by atoms with Gasteiger partial charge in [-0.2, -0.15) is 10.1 Å². The Balaban J connectivity index is 1.57. The highest BCUT2D eigenvalue weighted by Gasteiger charge is 2.35. The highest BCUT2D eigenvalue weighted by molar-refractivity contribution is 9.10. The summed E-state index contributed by atoms with van der Waals surface area (Å²) in [4.78, 5) is 26.7. The Labute approximate surface area is 146 Å². The number of fused-ring (bicyclic) bond motifs is 1. The maximum Gasteiger partial charge on any atom is 0.282 e. The van der Waals surface area contributed by atoms with Crippen molar-refractivity contribution < 1.29 is 14.0 Å². The molecule has 0 atom stereocenters. The number of halogens is 1. The molecule has 2 aromatic rings. The monoisotopic (exact) mass is 387 g/mol. The molecule has 2 aliphatic rings. The maximum absolute atomic E-state index is 12.3. The summed E-state index contributed by atoms with van der Waals surface area (Å²) in [6.07, 6.45) is 3.68. The van der Waals surface area contributed by atoms with Gasteiger partial charge in [0.05, 0.1) is 21.8 Å². The lowest BCUT2D eigenvalue weighted by molar-refractivity contribution is 0.0660. The summed E-state index contributed by atoms with van der Waals surface area (Å²) in [5, 5.41) is 4.90. The zero-order chi connectivity index (χ0) is 16.7. The van der Waals surface area contributed by atoms with Crippen LogP contribution in [0.5, 0.6) is 0 Å². The average Bonchev–Trinajstić information content (AvgIpc) is 3.28. The van der Waals surface area contributed by atoms with Crippen molar-refractivity contribution in [2.45, 2.75) is 12.8 Å². The van der Waals surface area contributed by atoms with Crippen molar-refractivity contribution >= 4 is 39.8 Å². The second-order valence-electron chi connectivity index (χ2n) is 5.71. The minimum absolute atomic E-state index is 0.373. The molecule has 1 aromatic heterocycles. The number of furan rings is 1. The van der Waals surface area contributed by atoms with E-state index in [0.717, 1.165) is 41.3 Å². The van der Waals surface area contributed by atoms with E-state index in [1.54, 1.807) is 30.3 Å². The van der Waals surface area contributed by atoms with Crippen LogP contribution in [0, 0.1) is 0 Å². The van der Waals surface area contributed by atoms with E-state index in [-0.39, 0.29) is 0 Å². The standard InChI is InChI=1S/C17H14BrN3O3/c18-14-9-11(24-17(14)20-7-3-4-8-20)10-19-21-15(22)12-5-1-2-6-13(12)16(21)23/h1-2,5-6,9-10H,3-4,7-8H2/b19-10-. The third-order valence-electron chi connectivity index (χ3n) is 4.15. The first-order valence-electron chi connectivity index (χ1n) is 7.71. The molecule has 2 aliphatic heterocycles. The molecule has 1 saturated heterocycles. The third kappa shape index (κ3) is 2.45. The summed E-state index contributed by atoms with van der Waals surface area (Å²) in [6, 6.07) is 8.49. The Morgan fingerprint density at radius 1 is 1.08 bits per heavy atom. The van der Waals surface area contributed by atoms with Crippen LogP contribution in [0.25, 0.3) is 0 Å². The zero-order valence-corrected chi connectivity index (χ0v) is 14.3. The number of anilines is 1. The van der Waals surface area contributed by atoms with Crippen LogP contribution < -0.4 is 4.90 Å². The van der Waals surface area contributed by atoms with Gasteiger partial charge in [-0.15, -0.1) is 0 Å². The molecule has 24 heavy (non-hydrogen) atoms. The van der Waals surface area contributed by atoms with Gasteiger partial charge in [0.15, 0.2) is 5.76 Å². The molecule has 0 radical (unpaired) electrons. The fourth-order valence-electron chi connectivity index (χ4n) is 2.97. The number of amides is 2. The molecular weight excluding hydrogens is 374 g/mol. The number of hydrogen-bond acceptors (Lipinski definition) is 5. The van der Waals surface area contributed by atoms with Crippen molar-refractivity contribution in [3.8, 4) is 0 Å². The molecule has 1 fully saturated rings. The summed E-state index contributed by atoms with van der Waals surface area (Å²) in [5.74, 6) is 0.408. The zero-order valence-electron chi connectivity index (χ0n) is 12.7. The van der Waals surface area contributed by atoms with Gasteiger partial charge in [-0.3, -0.25) is 9.59 Å². The summed E-state index contributed by atoms with van der Waals surface area (Å²) in [6.45, 7) is 1.92. The SMILES string of the molecule is O=C1c2ccccc2C(=O)N1/N=C\c1cc(Br)c(N2CCCC2)o1. The van der Waals surface area contributed by atoms with Crippen LogP contribution >= 0.6 is 15.9 Å². The van der Waals surface area contributed by atoms with E-state index in [0.29, 0.717) is 16.9 Å². The molecular formula is C17H14BrN3O3. The van der Waals surface area contributed by atoms with Gasteiger partial charge < -0.3 is 9.32 Å². The topological polar surface area (TPSA) is 66.1 Å². The lowest BCUT2D eigenvalue weighted by Gasteiger charge is -2.13. The molecule has 6 nitrogen and oxygen atoms in total. The van der Waals surface area contributed by atoms with Gasteiger partial charge in [0, 0.05) is 19.2 Å². The number of nitrogens with zero attached hydrogens (tertiary/aromatic N) is 3. The molecule has 1 aromatic carbocycles. The Kier molecular flexibility index (Phi) is 3.72. The Bertz CT molecular complexity index is 818. The Morgan fingerprint density at radius 2 is 1.71 bits per heavy atom. The van der Waals surface area contributed by atoms with Gasteiger partial charge in [-0.1, -0.05) is 12.1 Å². The van der Waals surface area contributed by atoms with Gasteiger partial charge in [0.1, 0.15) is 0 Å². The normalized spacial score (nSPS) is 17.4. The number of imide groups is 1. The van der Waals surface area contributed by atoms with Crippen LogP contribution in [-0.4, -0.2) is 36.1 Å². The van der Waals surface area contributed by atoms with E-state index >= 15 is 0 Å². The summed E-state index contributed by atoms with van der Waals surface area (Å²) in [5.41, 5.74) is 0.746. The van der Waals surface area contributed by atoms with E-state index in [4.69, 9.17) is 4.42 Å². The predicted octanol–water partition coefficient (Wildman–Crippen LogP) is 3.27. The van der Waals surface area contributed by atoms with Crippen molar-refractivity contribution in [3.05, 3.63) is 51.7 Å². The molecule has 7 heteroatoms. The lowest BCUT2D eigenvalue weighted by atomic mass is 10.1. The molecule has 4 rings (SSSR count). The number of rotatable bonds is 3. The molecule has 0 unspecified atom stereocenters. The summed E-state index contributed by atoms with van der Waals surface area (Å²) < 4.78 is 6.63. The maximum atomic E-state index is 12.3. The molecule has 0 bridgehead atoms. The van der Waals surface area contributed by atoms with Crippen molar-refractivity contribution in [3.63, 3.8) is 0 Å². The first-order chi connectivity index (χ1) is 11.6. The second kappa shape index (κ2) is 5.90. The smallest absolute Gasteiger partial charge is 0.282 e. The quantitative estimate of drug-likeness (QED) is 0.598. The van der Waals surface area contributed by atoms with Crippen LogP contribution in [0.1, 0.15) is 39.3 Å². The van der Waals surface area contributed by atoms with Crippen molar-refractivity contribution in [1.82, 2.24) is 5.01 Å². The largest absolute Gasteiger partial charge is 0.438 e. The van der Waals surface area contributed by atoms with E-state index in [1.165, 1.54) is 6.21 Å². The van der Waals surface area contributed by atoms with Crippen LogP contribution in [0.3, 0.4) is 0 Å². The number of hydrogen-bond donors (Lipinski definition) is 0. The molecule has 0 saturated carbocycles. The highest BCUT2D eigenvalue weighted by Crippen LogP contribution is 2.32. The molecule has 3 heterocycles. The lowest BCUT2D eigenvalue weighted by Crippen LogP contribution is -2.23. The molecule has 2 amide bonds. The Hall–Kier alpha value is -2.41. The van der Waals surface area contributed by atoms with Gasteiger partial charge in [0.25, 0.3) is 11.8 Å².